The number of hydrogen-bond donors (Lipinski definition) is 1. The maximum Gasteiger partial charge on any atom is 0.270 e. The van der Waals surface area contributed by atoms with Crippen molar-refractivity contribution in [2.45, 2.75) is 0 Å². The topological polar surface area (TPSA) is 94.4 Å². The maximum atomic E-state index is 12.4. The largest absolute Gasteiger partial charge is 0.497 e. The van der Waals surface area contributed by atoms with Crippen LogP contribution >= 0.6 is 11.3 Å². The predicted molar refractivity (Wildman–Crippen MR) is 113 cm³/mol. The normalized spacial score (nSPS) is 10.7. The average molecular weight is 405 g/mol. The summed E-state index contributed by atoms with van der Waals surface area (Å²) in [4.78, 5) is 27.3. The highest BCUT2D eigenvalue weighted by Gasteiger charge is 2.12. The van der Waals surface area contributed by atoms with Gasteiger partial charge in [-0.15, -0.1) is 11.3 Å². The van der Waals surface area contributed by atoms with Crippen molar-refractivity contribution in [1.29, 1.82) is 0 Å². The van der Waals surface area contributed by atoms with Crippen LogP contribution in [0.25, 0.3) is 20.8 Å². The molecule has 0 radical (unpaired) electrons. The van der Waals surface area contributed by atoms with E-state index >= 15 is 0 Å². The number of thiazole rings is 1. The summed E-state index contributed by atoms with van der Waals surface area (Å²) in [5.41, 5.74) is 2.52. The summed E-state index contributed by atoms with van der Waals surface area (Å²) in [6.45, 7) is 0. The van der Waals surface area contributed by atoms with Crippen molar-refractivity contribution in [3.8, 4) is 16.3 Å². The predicted octanol–water partition coefficient (Wildman–Crippen LogP) is 5.13. The summed E-state index contributed by atoms with van der Waals surface area (Å²) >= 11 is 1.56. The number of nitro groups is 1. The molecule has 0 aliphatic carbocycles. The first kappa shape index (κ1) is 18.6. The molecule has 3 aromatic carbocycles. The first-order valence-electron chi connectivity index (χ1n) is 8.64. The molecule has 0 spiro atoms. The van der Waals surface area contributed by atoms with Gasteiger partial charge in [0.15, 0.2) is 0 Å². The van der Waals surface area contributed by atoms with E-state index in [-0.39, 0.29) is 11.3 Å². The molecule has 0 fully saturated rings. The maximum absolute atomic E-state index is 12.4. The first-order valence-corrected chi connectivity index (χ1v) is 9.46. The lowest BCUT2D eigenvalue weighted by Crippen LogP contribution is -2.11. The Morgan fingerprint density at radius 1 is 1.10 bits per heavy atom. The van der Waals surface area contributed by atoms with Crippen LogP contribution in [-0.4, -0.2) is 22.9 Å². The summed E-state index contributed by atoms with van der Waals surface area (Å²) < 4.78 is 6.28. The number of anilines is 1. The molecule has 7 nitrogen and oxygen atoms in total. The van der Waals surface area contributed by atoms with Gasteiger partial charge in [0.05, 0.1) is 22.2 Å². The van der Waals surface area contributed by atoms with Gasteiger partial charge in [0.25, 0.3) is 11.6 Å². The molecule has 0 bridgehead atoms. The van der Waals surface area contributed by atoms with E-state index in [1.54, 1.807) is 30.6 Å². The van der Waals surface area contributed by atoms with Crippen molar-refractivity contribution in [2.75, 3.05) is 12.4 Å². The third-order valence-corrected chi connectivity index (χ3v) is 5.37. The molecule has 0 aliphatic heterocycles. The SMILES string of the molecule is COc1ccc2nc(-c3ccc(NC(=O)c4cccc([N+](=O)[O-])c4)cc3)sc2c1. The molecule has 4 rings (SSSR count). The summed E-state index contributed by atoms with van der Waals surface area (Å²) in [5, 5.41) is 14.5. The second-order valence-electron chi connectivity index (χ2n) is 6.19. The molecule has 4 aromatic rings. The van der Waals surface area contributed by atoms with Crippen LogP contribution in [0.1, 0.15) is 10.4 Å². The number of nitro benzene ring substituents is 1. The van der Waals surface area contributed by atoms with Gasteiger partial charge in [0.2, 0.25) is 0 Å². The number of carbonyl (C=O) groups excluding carboxylic acids is 1. The van der Waals surface area contributed by atoms with E-state index in [0.717, 1.165) is 26.5 Å². The van der Waals surface area contributed by atoms with Crippen LogP contribution in [0.5, 0.6) is 5.75 Å². The van der Waals surface area contributed by atoms with Gasteiger partial charge in [0.1, 0.15) is 10.8 Å². The number of benzene rings is 3. The minimum atomic E-state index is -0.529. The van der Waals surface area contributed by atoms with Gasteiger partial charge in [0, 0.05) is 28.9 Å². The van der Waals surface area contributed by atoms with Gasteiger partial charge in [-0.2, -0.15) is 0 Å². The Morgan fingerprint density at radius 3 is 2.62 bits per heavy atom. The lowest BCUT2D eigenvalue weighted by atomic mass is 10.1. The van der Waals surface area contributed by atoms with E-state index in [0.29, 0.717) is 5.69 Å². The van der Waals surface area contributed by atoms with Crippen LogP contribution in [0.4, 0.5) is 11.4 Å². The number of aromatic nitrogens is 1. The van der Waals surface area contributed by atoms with Gasteiger partial charge < -0.3 is 10.1 Å². The molecule has 1 N–H and O–H groups in total. The molecule has 0 saturated heterocycles. The molecule has 1 amide bonds. The number of carbonyl (C=O) groups is 1. The molecule has 29 heavy (non-hydrogen) atoms. The fraction of sp³-hybridized carbons (Fsp3) is 0.0476. The Balaban J connectivity index is 1.53. The smallest absolute Gasteiger partial charge is 0.270 e. The highest BCUT2D eigenvalue weighted by atomic mass is 32.1. The number of rotatable bonds is 5. The van der Waals surface area contributed by atoms with Crippen LogP contribution in [0, 0.1) is 10.1 Å². The minimum Gasteiger partial charge on any atom is -0.497 e. The van der Waals surface area contributed by atoms with E-state index < -0.39 is 10.8 Å². The first-order chi connectivity index (χ1) is 14.0. The zero-order valence-corrected chi connectivity index (χ0v) is 16.1. The highest BCUT2D eigenvalue weighted by molar-refractivity contribution is 7.21. The van der Waals surface area contributed by atoms with E-state index in [9.17, 15) is 14.9 Å². The molecular weight excluding hydrogens is 390 g/mol. The Hall–Kier alpha value is -3.78. The molecule has 0 unspecified atom stereocenters. The molecule has 0 saturated carbocycles. The second kappa shape index (κ2) is 7.69. The Morgan fingerprint density at radius 2 is 1.90 bits per heavy atom. The number of amides is 1. The third-order valence-electron chi connectivity index (χ3n) is 4.30. The lowest BCUT2D eigenvalue weighted by Gasteiger charge is -2.06. The number of nitrogens with zero attached hydrogens (tertiary/aromatic N) is 2. The quantitative estimate of drug-likeness (QED) is 0.367. The van der Waals surface area contributed by atoms with Gasteiger partial charge in [-0.3, -0.25) is 14.9 Å². The molecular formula is C21H15N3O4S. The number of fused-ring (bicyclic) bond motifs is 1. The van der Waals surface area contributed by atoms with Crippen LogP contribution in [0.15, 0.2) is 66.7 Å². The van der Waals surface area contributed by atoms with Crippen molar-refractivity contribution < 1.29 is 14.5 Å². The highest BCUT2D eigenvalue weighted by Crippen LogP contribution is 2.32. The lowest BCUT2D eigenvalue weighted by molar-refractivity contribution is -0.384. The zero-order chi connectivity index (χ0) is 20.4. The van der Waals surface area contributed by atoms with Crippen molar-refractivity contribution >= 4 is 38.8 Å². The molecule has 1 heterocycles. The minimum absolute atomic E-state index is 0.125. The summed E-state index contributed by atoms with van der Waals surface area (Å²) in [7, 11) is 1.63. The average Bonchev–Trinajstić information content (AvgIpc) is 3.17. The van der Waals surface area contributed by atoms with Gasteiger partial charge in [-0.1, -0.05) is 6.07 Å². The van der Waals surface area contributed by atoms with Crippen molar-refractivity contribution in [2.24, 2.45) is 0 Å². The number of nitrogens with one attached hydrogen (secondary N) is 1. The fourth-order valence-electron chi connectivity index (χ4n) is 2.82. The number of hydrogen-bond acceptors (Lipinski definition) is 6. The molecule has 144 valence electrons. The second-order valence-corrected chi connectivity index (χ2v) is 7.22. The van der Waals surface area contributed by atoms with Gasteiger partial charge in [-0.25, -0.2) is 4.98 Å². The molecule has 1 aromatic heterocycles. The third kappa shape index (κ3) is 3.92. The zero-order valence-electron chi connectivity index (χ0n) is 15.3. The monoisotopic (exact) mass is 405 g/mol. The fourth-order valence-corrected chi connectivity index (χ4v) is 3.82. The van der Waals surface area contributed by atoms with Crippen LogP contribution in [0.2, 0.25) is 0 Å². The Labute approximate surface area is 169 Å². The molecule has 0 aliphatic rings. The van der Waals surface area contributed by atoms with Crippen molar-refractivity contribution in [3.05, 3.63) is 82.4 Å². The van der Waals surface area contributed by atoms with Crippen molar-refractivity contribution in [3.63, 3.8) is 0 Å². The summed E-state index contributed by atoms with van der Waals surface area (Å²) in [6, 6.07) is 18.7. The Kier molecular flexibility index (Phi) is 4.92. The van der Waals surface area contributed by atoms with E-state index in [1.165, 1.54) is 24.3 Å². The Bertz CT molecular complexity index is 1220. The van der Waals surface area contributed by atoms with Gasteiger partial charge >= 0.3 is 0 Å². The van der Waals surface area contributed by atoms with Crippen LogP contribution in [0.3, 0.4) is 0 Å². The summed E-state index contributed by atoms with van der Waals surface area (Å²) in [6.07, 6.45) is 0. The van der Waals surface area contributed by atoms with Crippen LogP contribution in [-0.2, 0) is 0 Å². The number of non-ortho nitro benzene ring substituents is 1. The molecule has 0 atom stereocenters. The number of ether oxygens (including phenoxy) is 1. The van der Waals surface area contributed by atoms with E-state index in [4.69, 9.17) is 4.74 Å². The van der Waals surface area contributed by atoms with Crippen molar-refractivity contribution in [1.82, 2.24) is 4.98 Å². The standard InChI is InChI=1S/C21H15N3O4S/c1-28-17-9-10-18-19(12-17)29-21(23-18)13-5-7-15(8-6-13)22-20(25)14-3-2-4-16(11-14)24(26)27/h2-12H,1H3,(H,22,25). The number of methoxy groups -OCH3 is 1. The van der Waals surface area contributed by atoms with Gasteiger partial charge in [-0.05, 0) is 48.5 Å². The van der Waals surface area contributed by atoms with E-state index in [2.05, 4.69) is 10.3 Å². The van der Waals surface area contributed by atoms with E-state index in [1.807, 2.05) is 30.3 Å². The van der Waals surface area contributed by atoms with Crippen LogP contribution < -0.4 is 10.1 Å². The molecule has 8 heteroatoms. The summed E-state index contributed by atoms with van der Waals surface area (Å²) in [5.74, 6) is 0.375.